The molecule has 4 nitrogen and oxygen atoms in total. The first-order valence-electron chi connectivity index (χ1n) is 7.60. The van der Waals surface area contributed by atoms with Crippen LogP contribution in [0.2, 0.25) is 5.02 Å². The van der Waals surface area contributed by atoms with Gasteiger partial charge in [-0.15, -0.1) is 11.3 Å². The quantitative estimate of drug-likeness (QED) is 0.781. The third-order valence-electron chi connectivity index (χ3n) is 3.46. The number of hydrogen-bond donors (Lipinski definition) is 1. The van der Waals surface area contributed by atoms with E-state index in [1.807, 2.05) is 19.2 Å². The van der Waals surface area contributed by atoms with Crippen LogP contribution in [-0.4, -0.2) is 20.9 Å². The Morgan fingerprint density at radius 2 is 1.88 bits per heavy atom. The number of sulfone groups is 1. The molecule has 130 valence electrons. The van der Waals surface area contributed by atoms with Gasteiger partial charge >= 0.3 is 0 Å². The molecule has 0 fully saturated rings. The lowest BCUT2D eigenvalue weighted by atomic mass is 10.1. The van der Waals surface area contributed by atoms with Gasteiger partial charge in [0, 0.05) is 22.9 Å². The Bertz CT molecular complexity index is 769. The normalized spacial score (nSPS) is 13.0. The molecule has 0 radical (unpaired) electrons. The molecule has 1 aromatic carbocycles. The Kier molecular flexibility index (Phi) is 6.43. The van der Waals surface area contributed by atoms with Gasteiger partial charge in [-0.1, -0.05) is 31.5 Å². The van der Waals surface area contributed by atoms with E-state index in [-0.39, 0.29) is 23.3 Å². The van der Waals surface area contributed by atoms with Crippen molar-refractivity contribution in [1.82, 2.24) is 5.32 Å². The summed E-state index contributed by atoms with van der Waals surface area (Å²) in [4.78, 5) is 12.8. The summed E-state index contributed by atoms with van der Waals surface area (Å²) in [6, 6.07) is 9.68. The van der Waals surface area contributed by atoms with Crippen LogP contribution >= 0.6 is 22.9 Å². The number of halogens is 1. The Balaban J connectivity index is 2.26. The molecule has 0 aliphatic rings. The van der Waals surface area contributed by atoms with Crippen molar-refractivity contribution in [2.24, 2.45) is 5.92 Å². The SMILES string of the molecule is CC(C)CC(=O)NCC(c1cccs1)S(=O)(=O)c1ccc(Cl)cc1. The summed E-state index contributed by atoms with van der Waals surface area (Å²) < 4.78 is 26.0. The van der Waals surface area contributed by atoms with Gasteiger partial charge in [-0.05, 0) is 41.6 Å². The van der Waals surface area contributed by atoms with E-state index in [2.05, 4.69) is 5.32 Å². The van der Waals surface area contributed by atoms with Crippen molar-refractivity contribution in [3.63, 3.8) is 0 Å². The average Bonchev–Trinajstić information content (AvgIpc) is 3.01. The van der Waals surface area contributed by atoms with E-state index in [0.29, 0.717) is 16.3 Å². The molecule has 0 saturated carbocycles. The largest absolute Gasteiger partial charge is 0.354 e. The highest BCUT2D eigenvalue weighted by Crippen LogP contribution is 2.31. The van der Waals surface area contributed by atoms with Crippen molar-refractivity contribution in [3.8, 4) is 0 Å². The van der Waals surface area contributed by atoms with Crippen molar-refractivity contribution in [1.29, 1.82) is 0 Å². The van der Waals surface area contributed by atoms with Crippen LogP contribution in [0.5, 0.6) is 0 Å². The predicted octanol–water partition coefficient (Wildman–Crippen LogP) is 4.08. The van der Waals surface area contributed by atoms with Gasteiger partial charge in [0.15, 0.2) is 9.84 Å². The topological polar surface area (TPSA) is 63.2 Å². The van der Waals surface area contributed by atoms with Gasteiger partial charge in [0.1, 0.15) is 5.25 Å². The minimum atomic E-state index is -3.63. The van der Waals surface area contributed by atoms with E-state index in [9.17, 15) is 13.2 Å². The zero-order valence-electron chi connectivity index (χ0n) is 13.5. The van der Waals surface area contributed by atoms with Crippen LogP contribution in [0.4, 0.5) is 0 Å². The molecule has 1 unspecified atom stereocenters. The second-order valence-electron chi connectivity index (χ2n) is 5.91. The number of carbonyl (C=O) groups excluding carboxylic acids is 1. The van der Waals surface area contributed by atoms with Gasteiger partial charge in [-0.25, -0.2) is 8.42 Å². The fraction of sp³-hybridized carbons (Fsp3) is 0.353. The fourth-order valence-corrected chi connectivity index (χ4v) is 5.19. The average molecular weight is 386 g/mol. The molecule has 0 saturated heterocycles. The molecule has 1 aromatic heterocycles. The minimum absolute atomic E-state index is 0.0526. The molecular weight excluding hydrogens is 366 g/mol. The van der Waals surface area contributed by atoms with E-state index >= 15 is 0 Å². The molecule has 0 aliphatic heterocycles. The first-order chi connectivity index (χ1) is 11.3. The van der Waals surface area contributed by atoms with Crippen LogP contribution in [0, 0.1) is 5.92 Å². The van der Waals surface area contributed by atoms with Gasteiger partial charge in [0.2, 0.25) is 5.91 Å². The highest BCUT2D eigenvalue weighted by molar-refractivity contribution is 7.91. The lowest BCUT2D eigenvalue weighted by molar-refractivity contribution is -0.121. The summed E-state index contributed by atoms with van der Waals surface area (Å²) in [6.07, 6.45) is 0.373. The lowest BCUT2D eigenvalue weighted by Crippen LogP contribution is -2.32. The number of amides is 1. The monoisotopic (exact) mass is 385 g/mol. The molecule has 7 heteroatoms. The van der Waals surface area contributed by atoms with E-state index in [1.165, 1.54) is 23.5 Å². The van der Waals surface area contributed by atoms with Gasteiger partial charge in [0.25, 0.3) is 0 Å². The smallest absolute Gasteiger partial charge is 0.220 e. The molecule has 2 rings (SSSR count). The summed E-state index contributed by atoms with van der Waals surface area (Å²) in [5.74, 6) is 0.0796. The summed E-state index contributed by atoms with van der Waals surface area (Å²) in [5, 5.41) is 4.25. The predicted molar refractivity (Wildman–Crippen MR) is 98.2 cm³/mol. The standard InChI is InChI=1S/C17H20ClNO3S2/c1-12(2)10-17(20)19-11-16(15-4-3-9-23-15)24(21,22)14-7-5-13(18)6-8-14/h3-9,12,16H,10-11H2,1-2H3,(H,19,20). The summed E-state index contributed by atoms with van der Waals surface area (Å²) in [7, 11) is -3.63. The van der Waals surface area contributed by atoms with Crippen LogP contribution in [0.25, 0.3) is 0 Å². The molecule has 0 spiro atoms. The Labute approximate surface area is 151 Å². The van der Waals surface area contributed by atoms with Crippen LogP contribution in [-0.2, 0) is 14.6 Å². The zero-order valence-corrected chi connectivity index (χ0v) is 15.9. The number of nitrogens with one attached hydrogen (secondary N) is 1. The molecule has 0 aliphatic carbocycles. The van der Waals surface area contributed by atoms with Crippen LogP contribution < -0.4 is 5.32 Å². The van der Waals surface area contributed by atoms with Gasteiger partial charge in [-0.3, -0.25) is 4.79 Å². The van der Waals surface area contributed by atoms with Gasteiger partial charge in [-0.2, -0.15) is 0 Å². The van der Waals surface area contributed by atoms with Crippen molar-refractivity contribution in [2.75, 3.05) is 6.54 Å². The molecular formula is C17H20ClNO3S2. The first-order valence-corrected chi connectivity index (χ1v) is 10.4. The molecule has 2 aromatic rings. The van der Waals surface area contributed by atoms with Crippen molar-refractivity contribution in [3.05, 3.63) is 51.7 Å². The molecule has 0 bridgehead atoms. The highest BCUT2D eigenvalue weighted by atomic mass is 35.5. The second kappa shape index (κ2) is 8.14. The van der Waals surface area contributed by atoms with Gasteiger partial charge in [0.05, 0.1) is 4.90 Å². The molecule has 24 heavy (non-hydrogen) atoms. The van der Waals surface area contributed by atoms with Crippen LogP contribution in [0.15, 0.2) is 46.7 Å². The number of rotatable bonds is 7. The Morgan fingerprint density at radius 3 is 2.42 bits per heavy atom. The highest BCUT2D eigenvalue weighted by Gasteiger charge is 2.30. The van der Waals surface area contributed by atoms with E-state index < -0.39 is 15.1 Å². The van der Waals surface area contributed by atoms with Crippen molar-refractivity contribution in [2.45, 2.75) is 30.4 Å². The Hall–Kier alpha value is -1.37. The fourth-order valence-electron chi connectivity index (χ4n) is 2.28. The maximum atomic E-state index is 13.0. The third-order valence-corrected chi connectivity index (χ3v) is 6.94. The van der Waals surface area contributed by atoms with Crippen LogP contribution in [0.1, 0.15) is 30.4 Å². The number of thiophene rings is 1. The lowest BCUT2D eigenvalue weighted by Gasteiger charge is -2.18. The summed E-state index contributed by atoms with van der Waals surface area (Å²) in [6.45, 7) is 3.94. The number of carbonyl (C=O) groups is 1. The maximum Gasteiger partial charge on any atom is 0.220 e. The minimum Gasteiger partial charge on any atom is -0.354 e. The van der Waals surface area contributed by atoms with Crippen molar-refractivity contribution < 1.29 is 13.2 Å². The third kappa shape index (κ3) is 4.82. The zero-order chi connectivity index (χ0) is 17.7. The summed E-state index contributed by atoms with van der Waals surface area (Å²) >= 11 is 7.21. The maximum absolute atomic E-state index is 13.0. The Morgan fingerprint density at radius 1 is 1.21 bits per heavy atom. The molecule has 1 N–H and O–H groups in total. The van der Waals surface area contributed by atoms with E-state index in [4.69, 9.17) is 11.6 Å². The number of hydrogen-bond acceptors (Lipinski definition) is 4. The van der Waals surface area contributed by atoms with Gasteiger partial charge < -0.3 is 5.32 Å². The molecule has 1 atom stereocenters. The molecule has 1 amide bonds. The summed E-state index contributed by atoms with van der Waals surface area (Å²) in [5.41, 5.74) is 0. The van der Waals surface area contributed by atoms with Crippen molar-refractivity contribution >= 4 is 38.7 Å². The first kappa shape index (κ1) is 19.0. The molecule has 1 heterocycles. The van der Waals surface area contributed by atoms with Crippen LogP contribution in [0.3, 0.4) is 0 Å². The number of benzene rings is 1. The second-order valence-corrected chi connectivity index (χ2v) is 9.45. The van der Waals surface area contributed by atoms with E-state index in [0.717, 1.165) is 0 Å². The van der Waals surface area contributed by atoms with E-state index in [1.54, 1.807) is 24.3 Å².